The number of halogens is 1. The van der Waals surface area contributed by atoms with Gasteiger partial charge >= 0.3 is 0 Å². The fourth-order valence-corrected chi connectivity index (χ4v) is 3.82. The van der Waals surface area contributed by atoms with Crippen LogP contribution in [0.1, 0.15) is 12.5 Å². The number of methoxy groups -OCH3 is 2. The molecule has 27 heavy (non-hydrogen) atoms. The Labute approximate surface area is 163 Å². The molecule has 1 amide bonds. The van der Waals surface area contributed by atoms with Gasteiger partial charge in [0.2, 0.25) is 15.9 Å². The van der Waals surface area contributed by atoms with Crippen molar-refractivity contribution in [2.24, 2.45) is 0 Å². The SMILES string of the molecule is COc1ccc(CNC(=O)[C@H](C)NS(=O)(=O)c2cccc(Cl)c2)cc1OC. The van der Waals surface area contributed by atoms with Crippen molar-refractivity contribution in [1.29, 1.82) is 0 Å². The van der Waals surface area contributed by atoms with Gasteiger partial charge in [-0.15, -0.1) is 0 Å². The van der Waals surface area contributed by atoms with Crippen molar-refractivity contribution >= 4 is 27.5 Å². The number of nitrogens with one attached hydrogen (secondary N) is 2. The molecule has 0 unspecified atom stereocenters. The van der Waals surface area contributed by atoms with Crippen LogP contribution in [0.3, 0.4) is 0 Å². The smallest absolute Gasteiger partial charge is 0.241 e. The number of hydrogen-bond acceptors (Lipinski definition) is 5. The zero-order valence-corrected chi connectivity index (χ0v) is 16.7. The maximum absolute atomic E-state index is 12.3. The van der Waals surface area contributed by atoms with Gasteiger partial charge in [0.15, 0.2) is 11.5 Å². The molecule has 2 aromatic rings. The van der Waals surface area contributed by atoms with Gasteiger partial charge in [-0.1, -0.05) is 23.7 Å². The molecule has 0 aliphatic heterocycles. The van der Waals surface area contributed by atoms with E-state index in [0.717, 1.165) is 5.56 Å². The number of carbonyl (C=O) groups excluding carboxylic acids is 1. The van der Waals surface area contributed by atoms with E-state index in [1.54, 1.807) is 24.3 Å². The normalized spacial score (nSPS) is 12.3. The molecule has 7 nitrogen and oxygen atoms in total. The molecule has 0 saturated carbocycles. The highest BCUT2D eigenvalue weighted by molar-refractivity contribution is 7.89. The summed E-state index contributed by atoms with van der Waals surface area (Å²) in [5.74, 6) is 0.657. The number of benzene rings is 2. The summed E-state index contributed by atoms with van der Waals surface area (Å²) < 4.78 is 37.4. The zero-order valence-electron chi connectivity index (χ0n) is 15.2. The van der Waals surface area contributed by atoms with Gasteiger partial charge in [0, 0.05) is 11.6 Å². The first-order valence-electron chi connectivity index (χ1n) is 8.03. The van der Waals surface area contributed by atoms with Gasteiger partial charge in [-0.25, -0.2) is 8.42 Å². The van der Waals surface area contributed by atoms with E-state index in [2.05, 4.69) is 10.0 Å². The van der Waals surface area contributed by atoms with E-state index in [9.17, 15) is 13.2 Å². The highest BCUT2D eigenvalue weighted by Gasteiger charge is 2.22. The molecule has 0 aliphatic rings. The average molecular weight is 413 g/mol. The molecule has 2 aromatic carbocycles. The third kappa shape index (κ3) is 5.59. The van der Waals surface area contributed by atoms with Crippen LogP contribution in [0.25, 0.3) is 0 Å². The van der Waals surface area contributed by atoms with Crippen molar-refractivity contribution in [2.75, 3.05) is 14.2 Å². The summed E-state index contributed by atoms with van der Waals surface area (Å²) in [5.41, 5.74) is 0.783. The Balaban J connectivity index is 1.99. The Bertz CT molecular complexity index is 918. The first-order chi connectivity index (χ1) is 12.8. The molecule has 0 saturated heterocycles. The molecule has 0 aromatic heterocycles. The number of sulfonamides is 1. The Morgan fingerprint density at radius 1 is 1.11 bits per heavy atom. The monoisotopic (exact) mass is 412 g/mol. The molecule has 9 heteroatoms. The summed E-state index contributed by atoms with van der Waals surface area (Å²) in [5, 5.41) is 2.98. The average Bonchev–Trinajstić information content (AvgIpc) is 2.65. The predicted molar refractivity (Wildman–Crippen MR) is 103 cm³/mol. The van der Waals surface area contributed by atoms with E-state index in [1.807, 2.05) is 0 Å². The number of carbonyl (C=O) groups is 1. The number of rotatable bonds is 8. The van der Waals surface area contributed by atoms with E-state index in [1.165, 1.54) is 39.3 Å². The van der Waals surface area contributed by atoms with E-state index < -0.39 is 22.0 Å². The minimum atomic E-state index is -3.86. The predicted octanol–water partition coefficient (Wildman–Crippen LogP) is 2.34. The molecule has 0 radical (unpaired) electrons. The summed E-state index contributed by atoms with van der Waals surface area (Å²) in [6.45, 7) is 1.68. The van der Waals surface area contributed by atoms with Crippen LogP contribution in [-0.2, 0) is 21.4 Å². The maximum atomic E-state index is 12.3. The van der Waals surface area contributed by atoms with E-state index in [4.69, 9.17) is 21.1 Å². The summed E-state index contributed by atoms with van der Waals surface area (Å²) >= 11 is 5.82. The largest absolute Gasteiger partial charge is 0.493 e. The quantitative estimate of drug-likeness (QED) is 0.694. The minimum absolute atomic E-state index is 0.00505. The molecule has 1 atom stereocenters. The number of amides is 1. The fourth-order valence-electron chi connectivity index (χ4n) is 2.32. The standard InChI is InChI=1S/C18H21ClN2O5S/c1-12(21-27(23,24)15-6-4-5-14(19)10-15)18(22)20-11-13-7-8-16(25-2)17(9-13)26-3/h4-10,12,21H,11H2,1-3H3,(H,20,22)/t12-/m0/s1. The first-order valence-corrected chi connectivity index (χ1v) is 9.89. The Morgan fingerprint density at radius 2 is 1.81 bits per heavy atom. The molecule has 0 aliphatic carbocycles. The molecule has 0 spiro atoms. The second-order valence-corrected chi connectivity index (χ2v) is 7.86. The van der Waals surface area contributed by atoms with Crippen molar-refractivity contribution < 1.29 is 22.7 Å². The van der Waals surface area contributed by atoms with Gasteiger partial charge in [0.1, 0.15) is 0 Å². The summed E-state index contributed by atoms with van der Waals surface area (Å²) in [4.78, 5) is 12.2. The Morgan fingerprint density at radius 3 is 2.44 bits per heavy atom. The van der Waals surface area contributed by atoms with Gasteiger partial charge in [0.25, 0.3) is 0 Å². The third-order valence-corrected chi connectivity index (χ3v) is 5.52. The zero-order chi connectivity index (χ0) is 20.0. The molecule has 0 heterocycles. The first kappa shape index (κ1) is 21.0. The summed E-state index contributed by atoms with van der Waals surface area (Å²) in [6, 6.07) is 10.1. The van der Waals surface area contributed by atoms with Crippen LogP contribution in [0, 0.1) is 0 Å². The Kier molecular flexibility index (Phi) is 7.06. The van der Waals surface area contributed by atoms with Gasteiger partial charge < -0.3 is 14.8 Å². The highest BCUT2D eigenvalue weighted by Crippen LogP contribution is 2.27. The fraction of sp³-hybridized carbons (Fsp3) is 0.278. The summed E-state index contributed by atoms with van der Waals surface area (Å²) in [6.07, 6.45) is 0. The van der Waals surface area contributed by atoms with Crippen LogP contribution in [0.15, 0.2) is 47.4 Å². The highest BCUT2D eigenvalue weighted by atomic mass is 35.5. The van der Waals surface area contributed by atoms with Crippen LogP contribution >= 0.6 is 11.6 Å². The molecule has 0 fully saturated rings. The maximum Gasteiger partial charge on any atom is 0.241 e. The van der Waals surface area contributed by atoms with Gasteiger partial charge in [-0.05, 0) is 42.8 Å². The van der Waals surface area contributed by atoms with Gasteiger partial charge in [-0.3, -0.25) is 4.79 Å². The van der Waals surface area contributed by atoms with Crippen molar-refractivity contribution in [1.82, 2.24) is 10.0 Å². The Hall–Kier alpha value is -2.29. The number of hydrogen-bond donors (Lipinski definition) is 2. The second kappa shape index (κ2) is 9.07. The van der Waals surface area contributed by atoms with E-state index in [0.29, 0.717) is 16.5 Å². The van der Waals surface area contributed by atoms with Crippen LogP contribution in [0.5, 0.6) is 11.5 Å². The molecule has 146 valence electrons. The number of ether oxygens (including phenoxy) is 2. The topological polar surface area (TPSA) is 93.7 Å². The van der Waals surface area contributed by atoms with Crippen LogP contribution < -0.4 is 19.5 Å². The van der Waals surface area contributed by atoms with Crippen LogP contribution in [-0.4, -0.2) is 34.6 Å². The second-order valence-electron chi connectivity index (χ2n) is 5.71. The van der Waals surface area contributed by atoms with Gasteiger partial charge in [-0.2, -0.15) is 4.72 Å². The van der Waals surface area contributed by atoms with Crippen LogP contribution in [0.4, 0.5) is 0 Å². The van der Waals surface area contributed by atoms with Gasteiger partial charge in [0.05, 0.1) is 25.2 Å². The molecule has 2 N–H and O–H groups in total. The lowest BCUT2D eigenvalue weighted by atomic mass is 10.2. The third-order valence-electron chi connectivity index (χ3n) is 3.75. The lowest BCUT2D eigenvalue weighted by Crippen LogP contribution is -2.44. The van der Waals surface area contributed by atoms with E-state index >= 15 is 0 Å². The molecule has 2 rings (SSSR count). The molecular formula is C18H21ClN2O5S. The van der Waals surface area contributed by atoms with Crippen molar-refractivity contribution in [3.05, 3.63) is 53.1 Å². The lowest BCUT2D eigenvalue weighted by molar-refractivity contribution is -0.122. The van der Waals surface area contributed by atoms with Crippen molar-refractivity contribution in [2.45, 2.75) is 24.4 Å². The minimum Gasteiger partial charge on any atom is -0.493 e. The van der Waals surface area contributed by atoms with Crippen molar-refractivity contribution in [3.8, 4) is 11.5 Å². The molecule has 0 bridgehead atoms. The summed E-state index contributed by atoms with van der Waals surface area (Å²) in [7, 11) is -0.806. The lowest BCUT2D eigenvalue weighted by Gasteiger charge is -2.15. The van der Waals surface area contributed by atoms with Crippen LogP contribution in [0.2, 0.25) is 5.02 Å². The molecular weight excluding hydrogens is 392 g/mol. The van der Waals surface area contributed by atoms with E-state index in [-0.39, 0.29) is 11.4 Å². The van der Waals surface area contributed by atoms with Crippen molar-refractivity contribution in [3.63, 3.8) is 0 Å².